The van der Waals surface area contributed by atoms with E-state index in [0.717, 1.165) is 31.7 Å². The van der Waals surface area contributed by atoms with Crippen molar-refractivity contribution in [3.63, 3.8) is 0 Å². The summed E-state index contributed by atoms with van der Waals surface area (Å²) >= 11 is 6.16. The molecule has 0 saturated carbocycles. The van der Waals surface area contributed by atoms with Crippen molar-refractivity contribution in [1.82, 2.24) is 19.9 Å². The van der Waals surface area contributed by atoms with Crippen LogP contribution in [-0.4, -0.2) is 52.0 Å². The number of hydrogen-bond donors (Lipinski definition) is 0. The van der Waals surface area contributed by atoms with Crippen LogP contribution >= 0.6 is 11.6 Å². The molecule has 2 aromatic rings. The van der Waals surface area contributed by atoms with Gasteiger partial charge >= 0.3 is 0 Å². The van der Waals surface area contributed by atoms with Gasteiger partial charge in [-0.05, 0) is 12.1 Å². The van der Waals surface area contributed by atoms with Gasteiger partial charge in [-0.15, -0.1) is 0 Å². The van der Waals surface area contributed by atoms with Crippen LogP contribution < -0.4 is 0 Å². The van der Waals surface area contributed by atoms with Gasteiger partial charge in [-0.3, -0.25) is 9.69 Å². The maximum Gasteiger partial charge on any atom is 0.259 e. The number of rotatable bonds is 4. The molecule has 1 amide bonds. The second-order valence-corrected chi connectivity index (χ2v) is 6.66. The third-order valence-electron chi connectivity index (χ3n) is 4.12. The van der Waals surface area contributed by atoms with Crippen LogP contribution in [0.4, 0.5) is 0 Å². The van der Waals surface area contributed by atoms with E-state index >= 15 is 0 Å². The van der Waals surface area contributed by atoms with Crippen LogP contribution in [0.15, 0.2) is 28.8 Å². The molecule has 1 saturated heterocycles. The largest absolute Gasteiger partial charge is 0.340 e. The minimum Gasteiger partial charge on any atom is -0.340 e. The lowest BCUT2D eigenvalue weighted by atomic mass is 10.1. The fourth-order valence-electron chi connectivity index (χ4n) is 2.75. The van der Waals surface area contributed by atoms with Crippen molar-refractivity contribution in [2.24, 2.45) is 5.92 Å². The second kappa shape index (κ2) is 7.32. The van der Waals surface area contributed by atoms with E-state index in [1.165, 1.54) is 0 Å². The molecule has 1 aromatic carbocycles. The van der Waals surface area contributed by atoms with Gasteiger partial charge < -0.3 is 9.42 Å². The van der Waals surface area contributed by atoms with Crippen molar-refractivity contribution < 1.29 is 9.32 Å². The van der Waals surface area contributed by atoms with Crippen molar-refractivity contribution in [2.45, 2.75) is 20.4 Å². The maximum atomic E-state index is 12.0. The molecule has 0 unspecified atom stereocenters. The Morgan fingerprint density at radius 1 is 1.25 bits per heavy atom. The molecule has 128 valence electrons. The first-order chi connectivity index (χ1) is 11.5. The van der Waals surface area contributed by atoms with Gasteiger partial charge in [-0.2, -0.15) is 4.98 Å². The molecular weight excluding hydrogens is 328 g/mol. The Labute approximate surface area is 146 Å². The highest BCUT2D eigenvalue weighted by molar-refractivity contribution is 6.33. The third-order valence-corrected chi connectivity index (χ3v) is 4.44. The lowest BCUT2D eigenvalue weighted by Gasteiger charge is -2.34. The molecule has 3 rings (SSSR count). The summed E-state index contributed by atoms with van der Waals surface area (Å²) in [4.78, 5) is 20.6. The van der Waals surface area contributed by atoms with Gasteiger partial charge in [0.05, 0.1) is 17.1 Å². The standard InChI is InChI=1S/C17H21ClN4O2/c1-12(2)17(23)22-9-7-21(8-10-22)11-15-19-16(24-20-15)13-5-3-4-6-14(13)18/h3-6,12H,7-11H2,1-2H3. The second-order valence-electron chi connectivity index (χ2n) is 6.25. The summed E-state index contributed by atoms with van der Waals surface area (Å²) in [5.74, 6) is 1.33. The number of halogens is 1. The average Bonchev–Trinajstić information content (AvgIpc) is 3.03. The fourth-order valence-corrected chi connectivity index (χ4v) is 2.97. The lowest BCUT2D eigenvalue weighted by Crippen LogP contribution is -2.49. The van der Waals surface area contributed by atoms with Crippen molar-refractivity contribution in [3.05, 3.63) is 35.1 Å². The number of benzene rings is 1. The summed E-state index contributed by atoms with van der Waals surface area (Å²) in [7, 11) is 0. The van der Waals surface area contributed by atoms with E-state index in [0.29, 0.717) is 23.3 Å². The summed E-state index contributed by atoms with van der Waals surface area (Å²) < 4.78 is 5.33. The smallest absolute Gasteiger partial charge is 0.259 e. The van der Waals surface area contributed by atoms with E-state index in [1.807, 2.05) is 36.9 Å². The minimum atomic E-state index is 0.0481. The molecule has 0 atom stereocenters. The summed E-state index contributed by atoms with van der Waals surface area (Å²) in [5.41, 5.74) is 0.741. The summed E-state index contributed by atoms with van der Waals surface area (Å²) in [6, 6.07) is 7.40. The number of hydrogen-bond acceptors (Lipinski definition) is 5. The lowest BCUT2D eigenvalue weighted by molar-refractivity contribution is -0.136. The van der Waals surface area contributed by atoms with Crippen LogP contribution in [0, 0.1) is 5.92 Å². The minimum absolute atomic E-state index is 0.0481. The Hall–Kier alpha value is -1.92. The van der Waals surface area contributed by atoms with Crippen LogP contribution in [0.1, 0.15) is 19.7 Å². The molecule has 1 fully saturated rings. The van der Waals surface area contributed by atoms with E-state index in [2.05, 4.69) is 15.0 Å². The predicted molar refractivity (Wildman–Crippen MR) is 91.4 cm³/mol. The predicted octanol–water partition coefficient (Wildman–Crippen LogP) is 2.69. The van der Waals surface area contributed by atoms with Crippen molar-refractivity contribution in [2.75, 3.05) is 26.2 Å². The molecule has 1 aliphatic rings. The van der Waals surface area contributed by atoms with Crippen molar-refractivity contribution in [1.29, 1.82) is 0 Å². The van der Waals surface area contributed by atoms with Crippen LogP contribution in [0.25, 0.3) is 11.5 Å². The molecule has 6 nitrogen and oxygen atoms in total. The highest BCUT2D eigenvalue weighted by atomic mass is 35.5. The molecule has 0 radical (unpaired) electrons. The Bertz CT molecular complexity index is 708. The Morgan fingerprint density at radius 2 is 1.96 bits per heavy atom. The van der Waals surface area contributed by atoms with Gasteiger partial charge in [-0.1, -0.05) is 42.7 Å². The van der Waals surface area contributed by atoms with Crippen molar-refractivity contribution in [3.8, 4) is 11.5 Å². The molecular formula is C17H21ClN4O2. The molecule has 2 heterocycles. The zero-order valence-corrected chi connectivity index (χ0v) is 14.7. The van der Waals surface area contributed by atoms with Crippen LogP contribution in [-0.2, 0) is 11.3 Å². The van der Waals surface area contributed by atoms with Gasteiger partial charge in [-0.25, -0.2) is 0 Å². The van der Waals surface area contributed by atoms with Crippen molar-refractivity contribution >= 4 is 17.5 Å². The fraction of sp³-hybridized carbons (Fsp3) is 0.471. The molecule has 0 aliphatic carbocycles. The number of aromatic nitrogens is 2. The van der Waals surface area contributed by atoms with Gasteiger partial charge in [0, 0.05) is 32.1 Å². The molecule has 1 aromatic heterocycles. The molecule has 0 bridgehead atoms. The quantitative estimate of drug-likeness (QED) is 0.850. The first kappa shape index (κ1) is 16.9. The Balaban J connectivity index is 1.59. The number of carbonyl (C=O) groups excluding carboxylic acids is 1. The first-order valence-electron chi connectivity index (χ1n) is 8.13. The molecule has 1 aliphatic heterocycles. The highest BCUT2D eigenvalue weighted by Gasteiger charge is 2.24. The number of nitrogens with zero attached hydrogens (tertiary/aromatic N) is 4. The van der Waals surface area contributed by atoms with Crippen LogP contribution in [0.2, 0.25) is 5.02 Å². The van der Waals surface area contributed by atoms with E-state index < -0.39 is 0 Å². The topological polar surface area (TPSA) is 62.5 Å². The van der Waals surface area contributed by atoms with Crippen LogP contribution in [0.5, 0.6) is 0 Å². The Kier molecular flexibility index (Phi) is 5.16. The maximum absolute atomic E-state index is 12.0. The first-order valence-corrected chi connectivity index (χ1v) is 8.51. The van der Waals surface area contributed by atoms with Crippen LogP contribution in [0.3, 0.4) is 0 Å². The summed E-state index contributed by atoms with van der Waals surface area (Å²) in [6.45, 7) is 7.59. The van der Waals surface area contributed by atoms with E-state index in [-0.39, 0.29) is 11.8 Å². The van der Waals surface area contributed by atoms with E-state index in [4.69, 9.17) is 16.1 Å². The molecule has 0 spiro atoms. The summed E-state index contributed by atoms with van der Waals surface area (Å²) in [5, 5.41) is 4.63. The zero-order valence-electron chi connectivity index (χ0n) is 13.9. The van der Waals surface area contributed by atoms with Gasteiger partial charge in [0.2, 0.25) is 5.91 Å². The number of piperazine rings is 1. The monoisotopic (exact) mass is 348 g/mol. The molecule has 7 heteroatoms. The average molecular weight is 349 g/mol. The Morgan fingerprint density at radius 3 is 2.62 bits per heavy atom. The number of amides is 1. The highest BCUT2D eigenvalue weighted by Crippen LogP contribution is 2.26. The van der Waals surface area contributed by atoms with Gasteiger partial charge in [0.25, 0.3) is 5.89 Å². The number of carbonyl (C=O) groups is 1. The van der Waals surface area contributed by atoms with E-state index in [1.54, 1.807) is 6.07 Å². The molecule has 24 heavy (non-hydrogen) atoms. The SMILES string of the molecule is CC(C)C(=O)N1CCN(Cc2noc(-c3ccccc3Cl)n2)CC1. The summed E-state index contributed by atoms with van der Waals surface area (Å²) in [6.07, 6.45) is 0. The normalized spacial score (nSPS) is 15.9. The van der Waals surface area contributed by atoms with Gasteiger partial charge in [0.15, 0.2) is 5.82 Å². The van der Waals surface area contributed by atoms with Gasteiger partial charge in [0.1, 0.15) is 0 Å². The van der Waals surface area contributed by atoms with E-state index in [9.17, 15) is 4.79 Å². The zero-order chi connectivity index (χ0) is 17.1. The molecule has 0 N–H and O–H groups in total. The third kappa shape index (κ3) is 3.76.